The molecule has 0 N–H and O–H groups in total. The second kappa shape index (κ2) is 3.85. The van der Waals surface area contributed by atoms with E-state index in [0.717, 1.165) is 0 Å². The van der Waals surface area contributed by atoms with E-state index in [-0.39, 0.29) is 5.56 Å². The maximum Gasteiger partial charge on any atom is 0.259 e. The summed E-state index contributed by atoms with van der Waals surface area (Å²) in [6, 6.07) is 1.76. The van der Waals surface area contributed by atoms with Crippen LogP contribution in [0.4, 0.5) is 5.69 Å². The van der Waals surface area contributed by atoms with Crippen molar-refractivity contribution in [1.82, 2.24) is 4.57 Å². The Morgan fingerprint density at radius 2 is 2.38 bits per heavy atom. The molecule has 0 saturated heterocycles. The average Bonchev–Trinajstić information content (AvgIpc) is 2.17. The number of aliphatic imine (C=N–C) groups is 1. The number of rotatable bonds is 3. The number of aromatic nitrogens is 1. The van der Waals surface area contributed by atoms with Gasteiger partial charge in [-0.3, -0.25) is 9.79 Å². The van der Waals surface area contributed by atoms with Gasteiger partial charge in [-0.15, -0.1) is 0 Å². The molecular weight excluding hydrogens is 164 g/mol. The molecule has 1 rings (SSSR count). The molecule has 0 aliphatic carbocycles. The summed E-state index contributed by atoms with van der Waals surface area (Å²) in [6.45, 7) is 9.53. The van der Waals surface area contributed by atoms with Gasteiger partial charge in [0.15, 0.2) is 0 Å². The highest BCUT2D eigenvalue weighted by Crippen LogP contribution is 2.14. The third-order valence-corrected chi connectivity index (χ3v) is 1.89. The molecule has 0 spiro atoms. The van der Waals surface area contributed by atoms with E-state index >= 15 is 0 Å². The second-order valence-corrected chi connectivity index (χ2v) is 2.57. The van der Waals surface area contributed by atoms with Gasteiger partial charge in [-0.2, -0.15) is 0 Å². The van der Waals surface area contributed by atoms with Gasteiger partial charge in [0.2, 0.25) is 0 Å². The fraction of sp³-hybridized carbons (Fsp3) is 0.200. The summed E-state index contributed by atoms with van der Waals surface area (Å²) in [5.41, 5.74) is 1.03. The van der Waals surface area contributed by atoms with Crippen molar-refractivity contribution < 1.29 is 0 Å². The fourth-order valence-corrected chi connectivity index (χ4v) is 1.16. The molecule has 0 aliphatic heterocycles. The third kappa shape index (κ3) is 1.59. The highest BCUT2D eigenvalue weighted by Gasteiger charge is 2.03. The van der Waals surface area contributed by atoms with Crippen LogP contribution in [0, 0.1) is 0 Å². The van der Waals surface area contributed by atoms with Crippen molar-refractivity contribution in [2.45, 2.75) is 13.5 Å². The van der Waals surface area contributed by atoms with E-state index in [2.05, 4.69) is 18.3 Å². The van der Waals surface area contributed by atoms with Crippen LogP contribution < -0.4 is 5.56 Å². The van der Waals surface area contributed by atoms with Crippen molar-refractivity contribution in [1.29, 1.82) is 0 Å². The maximum absolute atomic E-state index is 11.6. The Morgan fingerprint density at radius 1 is 1.69 bits per heavy atom. The molecule has 3 nitrogen and oxygen atoms in total. The Hall–Kier alpha value is -1.64. The zero-order valence-corrected chi connectivity index (χ0v) is 7.66. The summed E-state index contributed by atoms with van der Waals surface area (Å²) in [5, 5.41) is 0. The van der Waals surface area contributed by atoms with Gasteiger partial charge in [0.25, 0.3) is 5.56 Å². The molecule has 1 aromatic heterocycles. The third-order valence-electron chi connectivity index (χ3n) is 1.89. The summed E-state index contributed by atoms with van der Waals surface area (Å²) in [4.78, 5) is 15.4. The fourth-order valence-electron chi connectivity index (χ4n) is 1.16. The lowest BCUT2D eigenvalue weighted by Crippen LogP contribution is -2.20. The minimum Gasteiger partial charge on any atom is -0.315 e. The Kier molecular flexibility index (Phi) is 2.80. The van der Waals surface area contributed by atoms with Gasteiger partial charge >= 0.3 is 0 Å². The molecule has 1 heterocycles. The molecule has 0 bridgehead atoms. The Labute approximate surface area is 77.1 Å². The molecule has 0 atom stereocenters. The van der Waals surface area contributed by atoms with Gasteiger partial charge in [-0.25, -0.2) is 0 Å². The summed E-state index contributed by atoms with van der Waals surface area (Å²) in [5.74, 6) is 0. The molecule has 1 aromatic rings. The average molecular weight is 176 g/mol. The van der Waals surface area contributed by atoms with Crippen LogP contribution in [-0.4, -0.2) is 11.3 Å². The highest BCUT2D eigenvalue weighted by molar-refractivity contribution is 5.63. The van der Waals surface area contributed by atoms with Gasteiger partial charge in [0.1, 0.15) is 0 Å². The van der Waals surface area contributed by atoms with Crippen molar-refractivity contribution in [3.63, 3.8) is 0 Å². The van der Waals surface area contributed by atoms with Crippen LogP contribution in [0.5, 0.6) is 0 Å². The van der Waals surface area contributed by atoms with E-state index in [1.165, 1.54) is 6.08 Å². The number of hydrogen-bond donors (Lipinski definition) is 0. The van der Waals surface area contributed by atoms with Crippen LogP contribution >= 0.6 is 0 Å². The molecule has 0 amide bonds. The topological polar surface area (TPSA) is 34.4 Å². The molecule has 0 unspecified atom stereocenters. The molecular formula is C10H12N2O. The molecule has 13 heavy (non-hydrogen) atoms. The number of nitrogens with zero attached hydrogens (tertiary/aromatic N) is 2. The largest absolute Gasteiger partial charge is 0.315 e. The van der Waals surface area contributed by atoms with E-state index < -0.39 is 0 Å². The van der Waals surface area contributed by atoms with Gasteiger partial charge in [-0.05, 0) is 19.7 Å². The standard InChI is InChI=1S/C10H12N2O/c1-4-8-9(11-3)6-7-12(5-2)10(8)13/h4,6-7H,1,3,5H2,2H3. The van der Waals surface area contributed by atoms with Crippen molar-refractivity contribution >= 4 is 18.5 Å². The van der Waals surface area contributed by atoms with Gasteiger partial charge in [0.05, 0.1) is 11.3 Å². The lowest BCUT2D eigenvalue weighted by molar-refractivity contribution is 0.726. The van der Waals surface area contributed by atoms with Crippen LogP contribution in [0.3, 0.4) is 0 Å². The molecule has 0 aliphatic rings. The summed E-state index contributed by atoms with van der Waals surface area (Å²) in [7, 11) is 0. The lowest BCUT2D eigenvalue weighted by Gasteiger charge is -2.04. The van der Waals surface area contributed by atoms with E-state index in [1.807, 2.05) is 6.92 Å². The SMILES string of the molecule is C=Cc1c(N=C)ccn(CC)c1=O. The zero-order valence-electron chi connectivity index (χ0n) is 7.66. The van der Waals surface area contributed by atoms with Crippen LogP contribution in [0.1, 0.15) is 12.5 Å². The lowest BCUT2D eigenvalue weighted by atomic mass is 10.2. The Bertz CT molecular complexity index is 390. The number of pyridine rings is 1. The van der Waals surface area contributed by atoms with Gasteiger partial charge in [0, 0.05) is 12.7 Å². The van der Waals surface area contributed by atoms with Crippen molar-refractivity contribution in [2.24, 2.45) is 4.99 Å². The number of hydrogen-bond acceptors (Lipinski definition) is 2. The molecule has 0 fully saturated rings. The van der Waals surface area contributed by atoms with Crippen molar-refractivity contribution in [3.8, 4) is 0 Å². The van der Waals surface area contributed by atoms with Crippen LogP contribution in [0.25, 0.3) is 6.08 Å². The van der Waals surface area contributed by atoms with E-state index in [0.29, 0.717) is 17.8 Å². The first-order valence-corrected chi connectivity index (χ1v) is 4.07. The predicted molar refractivity (Wildman–Crippen MR) is 55.7 cm³/mol. The first-order valence-electron chi connectivity index (χ1n) is 4.07. The van der Waals surface area contributed by atoms with E-state index in [4.69, 9.17) is 0 Å². The minimum atomic E-state index is -0.0672. The monoisotopic (exact) mass is 176 g/mol. The summed E-state index contributed by atoms with van der Waals surface area (Å²) in [6.07, 6.45) is 3.22. The molecule has 0 aromatic carbocycles. The van der Waals surface area contributed by atoms with Gasteiger partial charge in [-0.1, -0.05) is 12.7 Å². The van der Waals surface area contributed by atoms with E-state index in [1.54, 1.807) is 16.8 Å². The second-order valence-electron chi connectivity index (χ2n) is 2.57. The molecule has 0 radical (unpaired) electrons. The zero-order chi connectivity index (χ0) is 9.84. The summed E-state index contributed by atoms with van der Waals surface area (Å²) >= 11 is 0. The highest BCUT2D eigenvalue weighted by atomic mass is 16.1. The van der Waals surface area contributed by atoms with Crippen LogP contribution in [0.15, 0.2) is 28.6 Å². The van der Waals surface area contributed by atoms with Crippen molar-refractivity contribution in [2.75, 3.05) is 0 Å². The van der Waals surface area contributed by atoms with Crippen LogP contribution in [-0.2, 0) is 6.54 Å². The van der Waals surface area contributed by atoms with E-state index in [9.17, 15) is 4.79 Å². The first-order chi connectivity index (χ1) is 6.24. The number of aryl methyl sites for hydroxylation is 1. The van der Waals surface area contributed by atoms with Crippen LogP contribution in [0.2, 0.25) is 0 Å². The maximum atomic E-state index is 11.6. The van der Waals surface area contributed by atoms with Crippen molar-refractivity contribution in [3.05, 3.63) is 34.8 Å². The predicted octanol–water partition coefficient (Wildman–Crippen LogP) is 1.84. The first kappa shape index (κ1) is 9.45. The smallest absolute Gasteiger partial charge is 0.259 e. The quantitative estimate of drug-likeness (QED) is 0.647. The molecule has 3 heteroatoms. The minimum absolute atomic E-state index is 0.0672. The molecule has 68 valence electrons. The van der Waals surface area contributed by atoms with Gasteiger partial charge < -0.3 is 4.57 Å². The molecule has 0 saturated carbocycles. The normalized spacial score (nSPS) is 9.62. The Morgan fingerprint density at radius 3 is 2.85 bits per heavy atom. The Balaban J connectivity index is 3.49. The summed E-state index contributed by atoms with van der Waals surface area (Å²) < 4.78 is 1.60.